The predicted molar refractivity (Wildman–Crippen MR) is 151 cm³/mol. The zero-order valence-electron chi connectivity index (χ0n) is 23.1. The number of aromatic nitrogens is 2. The van der Waals surface area contributed by atoms with Crippen LogP contribution in [0.4, 0.5) is 10.7 Å². The Morgan fingerprint density at radius 2 is 2.00 bits per heavy atom. The van der Waals surface area contributed by atoms with E-state index in [1.807, 2.05) is 44.2 Å². The highest BCUT2D eigenvalue weighted by Gasteiger charge is 2.44. The van der Waals surface area contributed by atoms with Crippen molar-refractivity contribution in [3.8, 4) is 0 Å². The third-order valence-corrected chi connectivity index (χ3v) is 9.21. The number of aliphatic hydroxyl groups excluding tert-OH is 1. The van der Waals surface area contributed by atoms with E-state index in [2.05, 4.69) is 15.3 Å². The largest absolute Gasteiger partial charge is 0.443 e. The maximum atomic E-state index is 13.8. The number of ether oxygens (including phenoxy) is 3. The lowest BCUT2D eigenvalue weighted by Gasteiger charge is -2.31. The zero-order valence-corrected chi connectivity index (χ0v) is 23.9. The summed E-state index contributed by atoms with van der Waals surface area (Å²) in [4.78, 5) is 20.0. The van der Waals surface area contributed by atoms with Gasteiger partial charge in [-0.25, -0.2) is 18.2 Å². The average Bonchev–Trinajstić information content (AvgIpc) is 3.64. The summed E-state index contributed by atoms with van der Waals surface area (Å²) in [6.07, 6.45) is -1.77. The van der Waals surface area contributed by atoms with Crippen LogP contribution >= 0.6 is 0 Å². The van der Waals surface area contributed by atoms with Crippen molar-refractivity contribution in [1.82, 2.24) is 19.6 Å². The lowest BCUT2D eigenvalue weighted by molar-refractivity contribution is -0.0907. The number of hydrogen-bond acceptors (Lipinski definition) is 9. The van der Waals surface area contributed by atoms with E-state index in [1.54, 1.807) is 6.07 Å². The van der Waals surface area contributed by atoms with Gasteiger partial charge in [-0.3, -0.25) is 0 Å². The van der Waals surface area contributed by atoms with Gasteiger partial charge in [-0.1, -0.05) is 44.2 Å². The fourth-order valence-corrected chi connectivity index (χ4v) is 7.00. The quantitative estimate of drug-likeness (QED) is 0.263. The molecule has 12 nitrogen and oxygen atoms in total. The molecule has 5 rings (SSSR count). The first-order valence-corrected chi connectivity index (χ1v) is 15.2. The molecule has 2 saturated heterocycles. The number of imidazole rings is 1. The lowest BCUT2D eigenvalue weighted by Crippen LogP contribution is -2.51. The van der Waals surface area contributed by atoms with Crippen molar-refractivity contribution in [2.24, 2.45) is 11.8 Å². The van der Waals surface area contributed by atoms with Gasteiger partial charge in [-0.15, -0.1) is 0 Å². The van der Waals surface area contributed by atoms with E-state index >= 15 is 0 Å². The zero-order chi connectivity index (χ0) is 29.1. The number of amides is 1. The second kappa shape index (κ2) is 12.3. The lowest BCUT2D eigenvalue weighted by atomic mass is 10.0. The molecular formula is C28H37N5O7S. The van der Waals surface area contributed by atoms with Gasteiger partial charge in [0.05, 0.1) is 47.2 Å². The third kappa shape index (κ3) is 6.81. The molecule has 0 radical (unpaired) electrons. The van der Waals surface area contributed by atoms with Gasteiger partial charge >= 0.3 is 6.09 Å². The molecule has 2 fully saturated rings. The number of carbonyl (C=O) groups excluding carboxylic acids is 1. The number of nitrogen functional groups attached to an aromatic ring is 1. The summed E-state index contributed by atoms with van der Waals surface area (Å²) in [6.45, 7) is 4.50. The molecule has 5 N–H and O–H groups in total. The van der Waals surface area contributed by atoms with Gasteiger partial charge in [0, 0.05) is 13.1 Å². The number of fused-ring (bicyclic) bond motifs is 2. The van der Waals surface area contributed by atoms with Crippen LogP contribution in [0.25, 0.3) is 11.0 Å². The Morgan fingerprint density at radius 1 is 1.22 bits per heavy atom. The number of nitrogens with one attached hydrogen (secondary N) is 2. The van der Waals surface area contributed by atoms with E-state index in [-0.39, 0.29) is 55.1 Å². The minimum atomic E-state index is -4.03. The summed E-state index contributed by atoms with van der Waals surface area (Å²) in [5.74, 6) is 0.122. The SMILES string of the molecule is CC(C)CN(C[C@@H](O)[C@H](Cc1ccccc1)NC(=O)OC1COC2OCCC12)S(=O)(=O)c1ccc2nc(N)[nH]c2c1. The standard InChI is InChI=1S/C28H37N5O7S/c1-17(2)14-33(41(36,37)19-8-9-21-22(13-19)31-27(29)30-21)15-24(34)23(12-18-6-4-3-5-7-18)32-28(35)40-25-16-39-26-20(25)10-11-38-26/h3-9,13,17,20,23-26,34H,10-12,14-16H2,1-2H3,(H,32,35)(H3,29,30,31)/t20?,23-,24+,25?,26?/m0/s1. The van der Waals surface area contributed by atoms with Crippen LogP contribution in [0.15, 0.2) is 53.4 Å². The molecular weight excluding hydrogens is 550 g/mol. The van der Waals surface area contributed by atoms with Crippen molar-refractivity contribution in [1.29, 1.82) is 0 Å². The fourth-order valence-electron chi connectivity index (χ4n) is 5.35. The Balaban J connectivity index is 1.35. The van der Waals surface area contributed by atoms with Crippen molar-refractivity contribution in [2.75, 3.05) is 32.0 Å². The van der Waals surface area contributed by atoms with Gasteiger partial charge in [0.25, 0.3) is 0 Å². The molecule has 222 valence electrons. The normalized spacial score (nSPS) is 22.2. The molecule has 3 unspecified atom stereocenters. The Bertz CT molecular complexity index is 1450. The van der Waals surface area contributed by atoms with Crippen LogP contribution in [-0.2, 0) is 30.7 Å². The molecule has 1 aromatic heterocycles. The van der Waals surface area contributed by atoms with Gasteiger partial charge in [-0.05, 0) is 42.5 Å². The van der Waals surface area contributed by atoms with Gasteiger partial charge in [0.1, 0.15) is 6.10 Å². The van der Waals surface area contributed by atoms with Crippen molar-refractivity contribution in [3.63, 3.8) is 0 Å². The number of aromatic amines is 1. The van der Waals surface area contributed by atoms with E-state index < -0.39 is 34.4 Å². The molecule has 2 aromatic carbocycles. The van der Waals surface area contributed by atoms with Crippen LogP contribution < -0.4 is 11.1 Å². The smallest absolute Gasteiger partial charge is 0.407 e. The summed E-state index contributed by atoms with van der Waals surface area (Å²) in [7, 11) is -4.03. The number of hydrogen-bond donors (Lipinski definition) is 4. The molecule has 0 bridgehead atoms. The molecule has 0 saturated carbocycles. The number of rotatable bonds is 11. The van der Waals surface area contributed by atoms with E-state index in [1.165, 1.54) is 16.4 Å². The highest BCUT2D eigenvalue weighted by atomic mass is 32.2. The van der Waals surface area contributed by atoms with Crippen LogP contribution in [0.2, 0.25) is 0 Å². The number of sulfonamides is 1. The first-order chi connectivity index (χ1) is 19.6. The number of aliphatic hydroxyl groups is 1. The van der Waals surface area contributed by atoms with Gasteiger partial charge in [-0.2, -0.15) is 4.31 Å². The molecule has 0 aliphatic carbocycles. The molecule has 3 heterocycles. The van der Waals surface area contributed by atoms with Crippen molar-refractivity contribution >= 4 is 33.1 Å². The van der Waals surface area contributed by atoms with Crippen molar-refractivity contribution in [3.05, 3.63) is 54.1 Å². The molecule has 5 atom stereocenters. The summed E-state index contributed by atoms with van der Waals surface area (Å²) < 4.78 is 45.6. The number of carbonyl (C=O) groups is 1. The Morgan fingerprint density at radius 3 is 2.76 bits per heavy atom. The van der Waals surface area contributed by atoms with E-state index in [9.17, 15) is 18.3 Å². The third-order valence-electron chi connectivity index (χ3n) is 7.38. The predicted octanol–water partition coefficient (Wildman–Crippen LogP) is 2.25. The monoisotopic (exact) mass is 587 g/mol. The Hall–Kier alpha value is -3.23. The van der Waals surface area contributed by atoms with Crippen LogP contribution in [-0.4, -0.2) is 84.7 Å². The molecule has 3 aromatic rings. The van der Waals surface area contributed by atoms with Gasteiger partial charge < -0.3 is 35.4 Å². The minimum absolute atomic E-state index is 0.0297. The van der Waals surface area contributed by atoms with E-state index in [0.29, 0.717) is 17.6 Å². The van der Waals surface area contributed by atoms with Crippen molar-refractivity contribution in [2.45, 2.75) is 56.1 Å². The topological polar surface area (TPSA) is 169 Å². The summed E-state index contributed by atoms with van der Waals surface area (Å²) >= 11 is 0. The molecule has 0 spiro atoms. The molecule has 2 aliphatic rings. The summed E-state index contributed by atoms with van der Waals surface area (Å²) in [5.41, 5.74) is 7.64. The van der Waals surface area contributed by atoms with Gasteiger partial charge in [0.2, 0.25) is 10.0 Å². The molecule has 2 aliphatic heterocycles. The Kier molecular flexibility index (Phi) is 8.80. The maximum absolute atomic E-state index is 13.8. The Labute approximate surface area is 239 Å². The van der Waals surface area contributed by atoms with E-state index in [4.69, 9.17) is 19.9 Å². The minimum Gasteiger partial charge on any atom is -0.443 e. The summed E-state index contributed by atoms with van der Waals surface area (Å²) in [5, 5.41) is 14.2. The van der Waals surface area contributed by atoms with E-state index in [0.717, 1.165) is 12.0 Å². The van der Waals surface area contributed by atoms with Crippen LogP contribution in [0.3, 0.4) is 0 Å². The number of benzene rings is 2. The molecule has 13 heteroatoms. The first kappa shape index (κ1) is 29.3. The fraction of sp³-hybridized carbons (Fsp3) is 0.500. The van der Waals surface area contributed by atoms with Crippen LogP contribution in [0, 0.1) is 11.8 Å². The second-order valence-corrected chi connectivity index (χ2v) is 12.9. The highest BCUT2D eigenvalue weighted by molar-refractivity contribution is 7.89. The average molecular weight is 588 g/mol. The van der Waals surface area contributed by atoms with Crippen LogP contribution in [0.5, 0.6) is 0 Å². The highest BCUT2D eigenvalue weighted by Crippen LogP contribution is 2.33. The number of alkyl carbamates (subject to hydrolysis) is 1. The van der Waals surface area contributed by atoms with Gasteiger partial charge in [0.15, 0.2) is 12.2 Å². The summed E-state index contributed by atoms with van der Waals surface area (Å²) in [6, 6.07) is 13.1. The number of H-pyrrole nitrogens is 1. The molecule has 1 amide bonds. The first-order valence-electron chi connectivity index (χ1n) is 13.8. The second-order valence-electron chi connectivity index (χ2n) is 11.0. The number of nitrogens with zero attached hydrogens (tertiary/aromatic N) is 2. The van der Waals surface area contributed by atoms with Crippen LogP contribution in [0.1, 0.15) is 25.8 Å². The molecule has 41 heavy (non-hydrogen) atoms. The number of nitrogens with two attached hydrogens (primary N) is 1. The number of anilines is 1. The maximum Gasteiger partial charge on any atom is 0.407 e. The van der Waals surface area contributed by atoms with Crippen molar-refractivity contribution < 1.29 is 32.5 Å².